The van der Waals surface area contributed by atoms with Crippen LogP contribution in [0.3, 0.4) is 0 Å². The molecule has 1 amide bonds. The van der Waals surface area contributed by atoms with Gasteiger partial charge in [-0.25, -0.2) is 0 Å². The first-order chi connectivity index (χ1) is 6.93. The Morgan fingerprint density at radius 3 is 2.73 bits per heavy atom. The largest absolute Gasteiger partial charge is 0.495 e. The fourth-order valence-electron chi connectivity index (χ4n) is 0.840. The number of hydrogen-bond acceptors (Lipinski definition) is 3. The number of carbonyl (C=O) groups is 1. The van der Waals surface area contributed by atoms with Gasteiger partial charge in [-0.2, -0.15) is 8.78 Å². The van der Waals surface area contributed by atoms with Gasteiger partial charge < -0.3 is 10.1 Å². The Morgan fingerprint density at radius 2 is 2.20 bits per heavy atom. The Bertz CT molecular complexity index is 363. The van der Waals surface area contributed by atoms with Gasteiger partial charge in [-0.3, -0.25) is 9.78 Å². The van der Waals surface area contributed by atoms with Crippen LogP contribution in [0.5, 0.6) is 5.75 Å². The summed E-state index contributed by atoms with van der Waals surface area (Å²) in [5, 5.41) is 2.03. The van der Waals surface area contributed by atoms with Crippen LogP contribution in [0.15, 0.2) is 18.5 Å². The number of hydrogen-bond donors (Lipinski definition) is 1. The number of carbonyl (C=O) groups excluding carboxylic acids is 1. The number of nitrogens with zero attached hydrogens (tertiary/aromatic N) is 1. The molecule has 0 bridgehead atoms. The molecule has 4 nitrogen and oxygen atoms in total. The maximum Gasteiger partial charge on any atom is 0.322 e. The monoisotopic (exact) mass is 216 g/mol. The minimum Gasteiger partial charge on any atom is -0.495 e. The molecule has 6 heteroatoms. The highest BCUT2D eigenvalue weighted by molar-refractivity contribution is 5.95. The van der Waals surface area contributed by atoms with Crippen molar-refractivity contribution in [3.63, 3.8) is 0 Å². The quantitative estimate of drug-likeness (QED) is 0.836. The van der Waals surface area contributed by atoms with Crippen molar-refractivity contribution in [2.24, 2.45) is 0 Å². The van der Waals surface area contributed by atoms with E-state index in [1.54, 1.807) is 0 Å². The molecule has 0 unspecified atom stereocenters. The highest BCUT2D eigenvalue weighted by atomic mass is 19.3. The van der Waals surface area contributed by atoms with E-state index in [-0.39, 0.29) is 5.69 Å². The van der Waals surface area contributed by atoms with Crippen LogP contribution in [0.4, 0.5) is 14.5 Å². The molecule has 1 N–H and O–H groups in total. The summed E-state index contributed by atoms with van der Waals surface area (Å²) in [6, 6.07) is 1.40. The number of pyridine rings is 1. The lowest BCUT2D eigenvalue weighted by atomic mass is 10.3. The van der Waals surface area contributed by atoms with E-state index >= 15 is 0 Å². The molecular weight excluding hydrogens is 206 g/mol. The number of halogens is 2. The summed E-state index contributed by atoms with van der Waals surface area (Å²) < 4.78 is 29.9. The van der Waals surface area contributed by atoms with Gasteiger partial charge in [0.15, 0.2) is 0 Å². The topological polar surface area (TPSA) is 51.2 Å². The second-order valence-electron chi connectivity index (χ2n) is 2.96. The number of anilines is 1. The van der Waals surface area contributed by atoms with Crippen molar-refractivity contribution in [3.05, 3.63) is 18.5 Å². The molecule has 0 spiro atoms. The van der Waals surface area contributed by atoms with Crippen LogP contribution in [0.1, 0.15) is 6.92 Å². The zero-order valence-corrected chi connectivity index (χ0v) is 8.25. The summed E-state index contributed by atoms with van der Waals surface area (Å²) in [5.41, 5.74) is 0.167. The van der Waals surface area contributed by atoms with E-state index in [0.717, 1.165) is 0 Å². The molecule has 1 heterocycles. The number of ether oxygens (including phenoxy) is 1. The van der Waals surface area contributed by atoms with Crippen molar-refractivity contribution in [3.8, 4) is 5.75 Å². The summed E-state index contributed by atoms with van der Waals surface area (Å²) in [4.78, 5) is 14.6. The molecule has 1 aromatic heterocycles. The lowest BCUT2D eigenvalue weighted by molar-refractivity contribution is -0.137. The summed E-state index contributed by atoms with van der Waals surface area (Å²) in [6.45, 7) is 0.524. The fraction of sp³-hybridized carbons (Fsp3) is 0.333. The van der Waals surface area contributed by atoms with Crippen molar-refractivity contribution in [2.45, 2.75) is 12.8 Å². The molecule has 82 valence electrons. The first kappa shape index (κ1) is 11.4. The van der Waals surface area contributed by atoms with Gasteiger partial charge >= 0.3 is 5.92 Å². The highest BCUT2D eigenvalue weighted by Gasteiger charge is 2.32. The number of alkyl halides is 2. The number of amides is 1. The minimum absolute atomic E-state index is 0.167. The minimum atomic E-state index is -3.41. The van der Waals surface area contributed by atoms with Crippen molar-refractivity contribution < 1.29 is 18.3 Å². The molecule has 0 saturated carbocycles. The van der Waals surface area contributed by atoms with E-state index in [4.69, 9.17) is 4.74 Å². The third-order valence-corrected chi connectivity index (χ3v) is 1.61. The predicted molar refractivity (Wildman–Crippen MR) is 50.0 cm³/mol. The Hall–Kier alpha value is -1.72. The number of nitrogens with one attached hydrogen (secondary N) is 1. The second-order valence-corrected chi connectivity index (χ2v) is 2.96. The molecule has 0 atom stereocenters. The summed E-state index contributed by atoms with van der Waals surface area (Å²) in [5.74, 6) is -4.41. The maximum absolute atomic E-state index is 12.5. The summed E-state index contributed by atoms with van der Waals surface area (Å²) in [7, 11) is 1.41. The lowest BCUT2D eigenvalue weighted by Gasteiger charge is -2.10. The van der Waals surface area contributed by atoms with Crippen molar-refractivity contribution in [1.82, 2.24) is 4.98 Å². The van der Waals surface area contributed by atoms with E-state index in [2.05, 4.69) is 4.98 Å². The highest BCUT2D eigenvalue weighted by Crippen LogP contribution is 2.18. The molecule has 0 radical (unpaired) electrons. The van der Waals surface area contributed by atoms with E-state index in [9.17, 15) is 13.6 Å². The Kier molecular flexibility index (Phi) is 3.18. The molecule has 0 saturated heterocycles. The third-order valence-electron chi connectivity index (χ3n) is 1.61. The fourth-order valence-corrected chi connectivity index (χ4v) is 0.840. The molecule has 0 aliphatic carbocycles. The van der Waals surface area contributed by atoms with Gasteiger partial charge in [-0.15, -0.1) is 0 Å². The molecule has 1 aromatic rings. The first-order valence-corrected chi connectivity index (χ1v) is 4.12. The van der Waals surface area contributed by atoms with Gasteiger partial charge in [-0.05, 0) is 0 Å². The lowest BCUT2D eigenvalue weighted by Crippen LogP contribution is -2.31. The van der Waals surface area contributed by atoms with E-state index in [1.165, 1.54) is 25.6 Å². The van der Waals surface area contributed by atoms with Crippen LogP contribution in [0.25, 0.3) is 0 Å². The first-order valence-electron chi connectivity index (χ1n) is 4.12. The van der Waals surface area contributed by atoms with Gasteiger partial charge in [0, 0.05) is 13.0 Å². The van der Waals surface area contributed by atoms with Gasteiger partial charge in [-0.1, -0.05) is 0 Å². The third kappa shape index (κ3) is 3.16. The molecule has 0 aliphatic rings. The average molecular weight is 216 g/mol. The van der Waals surface area contributed by atoms with Crippen LogP contribution in [0.2, 0.25) is 0 Å². The zero-order chi connectivity index (χ0) is 11.5. The summed E-state index contributed by atoms with van der Waals surface area (Å²) in [6.07, 6.45) is 2.66. The van der Waals surface area contributed by atoms with Crippen LogP contribution < -0.4 is 10.1 Å². The SMILES string of the molecule is COc1cncc(NC(=O)C(C)(F)F)c1. The van der Waals surface area contributed by atoms with Gasteiger partial charge in [0.25, 0.3) is 5.91 Å². The predicted octanol–water partition coefficient (Wildman–Crippen LogP) is 1.68. The zero-order valence-electron chi connectivity index (χ0n) is 8.25. The number of methoxy groups -OCH3 is 1. The molecule has 0 aromatic carbocycles. The van der Waals surface area contributed by atoms with Gasteiger partial charge in [0.2, 0.25) is 0 Å². The van der Waals surface area contributed by atoms with Crippen molar-refractivity contribution in [2.75, 3.05) is 12.4 Å². The molecule has 0 fully saturated rings. The van der Waals surface area contributed by atoms with Crippen molar-refractivity contribution >= 4 is 11.6 Å². The van der Waals surface area contributed by atoms with Crippen LogP contribution >= 0.6 is 0 Å². The molecule has 0 aliphatic heterocycles. The van der Waals surface area contributed by atoms with Crippen molar-refractivity contribution in [1.29, 1.82) is 0 Å². The Balaban J connectivity index is 2.77. The smallest absolute Gasteiger partial charge is 0.322 e. The number of rotatable bonds is 3. The second kappa shape index (κ2) is 4.20. The summed E-state index contributed by atoms with van der Waals surface area (Å²) >= 11 is 0. The number of aromatic nitrogens is 1. The van der Waals surface area contributed by atoms with E-state index in [1.807, 2.05) is 5.32 Å². The Morgan fingerprint density at radius 1 is 1.53 bits per heavy atom. The Labute approximate surface area is 85.3 Å². The standard InChI is InChI=1S/C9H10F2N2O2/c1-9(10,11)8(14)13-6-3-7(15-2)5-12-4-6/h3-5H,1-2H3,(H,13,14). The van der Waals surface area contributed by atoms with E-state index < -0.39 is 11.8 Å². The van der Waals surface area contributed by atoms with Crippen LogP contribution in [-0.2, 0) is 4.79 Å². The molecule has 15 heavy (non-hydrogen) atoms. The molecular formula is C9H10F2N2O2. The molecule has 1 rings (SSSR count). The van der Waals surface area contributed by atoms with Crippen LogP contribution in [0, 0.1) is 0 Å². The van der Waals surface area contributed by atoms with E-state index in [0.29, 0.717) is 12.7 Å². The van der Waals surface area contributed by atoms with Gasteiger partial charge in [0.1, 0.15) is 5.75 Å². The normalized spacial score (nSPS) is 10.9. The van der Waals surface area contributed by atoms with Crippen LogP contribution in [-0.4, -0.2) is 23.9 Å². The average Bonchev–Trinajstić information content (AvgIpc) is 2.16. The maximum atomic E-state index is 12.5. The van der Waals surface area contributed by atoms with Gasteiger partial charge in [0.05, 0.1) is 25.2 Å².